The van der Waals surface area contributed by atoms with E-state index in [-0.39, 0.29) is 12.5 Å². The Morgan fingerprint density at radius 1 is 1.40 bits per heavy atom. The molecule has 0 atom stereocenters. The maximum Gasteiger partial charge on any atom is 0.341 e. The van der Waals surface area contributed by atoms with Gasteiger partial charge in [0.25, 0.3) is 5.91 Å². The maximum absolute atomic E-state index is 11.9. The quantitative estimate of drug-likeness (QED) is 0.880. The highest BCUT2D eigenvalue weighted by atomic mass is 32.1. The van der Waals surface area contributed by atoms with Crippen molar-refractivity contribution < 1.29 is 18.7 Å². The Balaban J connectivity index is 2.03. The minimum Gasteiger partial charge on any atom is -0.465 e. The molecule has 2 heterocycles. The van der Waals surface area contributed by atoms with Crippen molar-refractivity contribution in [2.75, 3.05) is 7.11 Å². The number of carbonyl (C=O) groups is 2. The van der Waals surface area contributed by atoms with Gasteiger partial charge >= 0.3 is 5.97 Å². The molecule has 0 fully saturated rings. The van der Waals surface area contributed by atoms with Crippen molar-refractivity contribution in [2.45, 2.75) is 20.4 Å². The number of amides is 1. The number of esters is 1. The summed E-state index contributed by atoms with van der Waals surface area (Å²) in [7, 11) is 1.32. The van der Waals surface area contributed by atoms with E-state index in [0.29, 0.717) is 22.0 Å². The molecule has 0 aromatic carbocycles. The van der Waals surface area contributed by atoms with Crippen molar-refractivity contribution in [1.82, 2.24) is 5.32 Å². The van der Waals surface area contributed by atoms with E-state index in [1.165, 1.54) is 18.4 Å². The smallest absolute Gasteiger partial charge is 0.341 e. The van der Waals surface area contributed by atoms with Gasteiger partial charge in [-0.25, -0.2) is 4.79 Å². The summed E-state index contributed by atoms with van der Waals surface area (Å²) in [5, 5.41) is 4.64. The second-order valence-electron chi connectivity index (χ2n) is 4.29. The van der Waals surface area contributed by atoms with Crippen LogP contribution in [-0.2, 0) is 11.3 Å². The highest BCUT2D eigenvalue weighted by molar-refractivity contribution is 7.12. The number of methoxy groups -OCH3 is 1. The molecule has 0 unspecified atom stereocenters. The molecule has 106 valence electrons. The molecule has 1 amide bonds. The third-order valence-electron chi connectivity index (χ3n) is 2.87. The molecular formula is C14H15NO4S. The second kappa shape index (κ2) is 5.92. The summed E-state index contributed by atoms with van der Waals surface area (Å²) in [5.41, 5.74) is 1.32. The Bertz CT molecular complexity index is 641. The van der Waals surface area contributed by atoms with Gasteiger partial charge in [-0.1, -0.05) is 0 Å². The average molecular weight is 293 g/mol. The summed E-state index contributed by atoms with van der Waals surface area (Å²) in [4.78, 5) is 24.1. The largest absolute Gasteiger partial charge is 0.465 e. The minimum absolute atomic E-state index is 0.147. The lowest BCUT2D eigenvalue weighted by Crippen LogP contribution is -2.22. The topological polar surface area (TPSA) is 68.5 Å². The van der Waals surface area contributed by atoms with E-state index in [0.717, 1.165) is 5.56 Å². The molecule has 2 rings (SSSR count). The van der Waals surface area contributed by atoms with Gasteiger partial charge in [0.1, 0.15) is 17.1 Å². The number of aryl methyl sites for hydroxylation is 2. The van der Waals surface area contributed by atoms with Crippen LogP contribution >= 0.6 is 11.3 Å². The third kappa shape index (κ3) is 2.91. The van der Waals surface area contributed by atoms with Gasteiger partial charge in [-0.3, -0.25) is 4.79 Å². The van der Waals surface area contributed by atoms with Crippen LogP contribution in [0.4, 0.5) is 0 Å². The Morgan fingerprint density at radius 3 is 2.75 bits per heavy atom. The van der Waals surface area contributed by atoms with Crippen molar-refractivity contribution in [3.63, 3.8) is 0 Å². The van der Waals surface area contributed by atoms with E-state index in [2.05, 4.69) is 10.1 Å². The Morgan fingerprint density at radius 2 is 2.15 bits per heavy atom. The highest BCUT2D eigenvalue weighted by Gasteiger charge is 2.16. The summed E-state index contributed by atoms with van der Waals surface area (Å²) >= 11 is 1.39. The van der Waals surface area contributed by atoms with Crippen molar-refractivity contribution in [2.24, 2.45) is 0 Å². The van der Waals surface area contributed by atoms with E-state index >= 15 is 0 Å². The Kier molecular flexibility index (Phi) is 4.24. The number of hydrogen-bond acceptors (Lipinski definition) is 5. The number of nitrogens with one attached hydrogen (secondary N) is 1. The number of hydrogen-bond donors (Lipinski definition) is 1. The normalized spacial score (nSPS) is 10.3. The van der Waals surface area contributed by atoms with Crippen LogP contribution in [0.15, 0.2) is 21.9 Å². The highest BCUT2D eigenvalue weighted by Crippen LogP contribution is 2.17. The van der Waals surface area contributed by atoms with Gasteiger partial charge < -0.3 is 14.5 Å². The Labute approximate surface area is 120 Å². The monoisotopic (exact) mass is 293 g/mol. The van der Waals surface area contributed by atoms with Crippen LogP contribution < -0.4 is 5.32 Å². The predicted octanol–water partition coefficient (Wildman–Crippen LogP) is 2.67. The summed E-state index contributed by atoms with van der Waals surface area (Å²) < 4.78 is 10.1. The first-order valence-corrected chi connectivity index (χ1v) is 6.90. The maximum atomic E-state index is 11.9. The zero-order chi connectivity index (χ0) is 14.7. The molecule has 0 spiro atoms. The number of thiophene rings is 1. The van der Waals surface area contributed by atoms with Crippen molar-refractivity contribution >= 4 is 23.2 Å². The predicted molar refractivity (Wildman–Crippen MR) is 75.0 cm³/mol. The SMILES string of the molecule is COC(=O)c1cc(CNC(=O)c2sccc2C)oc1C. The van der Waals surface area contributed by atoms with Gasteiger partial charge in [-0.15, -0.1) is 11.3 Å². The molecule has 2 aromatic heterocycles. The van der Waals surface area contributed by atoms with Crippen molar-refractivity contribution in [1.29, 1.82) is 0 Å². The standard InChI is InChI=1S/C14H15NO4S/c1-8-4-5-20-12(8)13(16)15-7-10-6-11(9(2)19-10)14(17)18-3/h4-6H,7H2,1-3H3,(H,15,16). The van der Waals surface area contributed by atoms with E-state index in [4.69, 9.17) is 4.42 Å². The lowest BCUT2D eigenvalue weighted by atomic mass is 10.2. The van der Waals surface area contributed by atoms with Crippen LogP contribution in [0, 0.1) is 13.8 Å². The van der Waals surface area contributed by atoms with Crippen LogP contribution in [0.25, 0.3) is 0 Å². The molecule has 0 aliphatic heterocycles. The van der Waals surface area contributed by atoms with Gasteiger partial charge in [0.15, 0.2) is 0 Å². The van der Waals surface area contributed by atoms with Crippen LogP contribution in [0.3, 0.4) is 0 Å². The van der Waals surface area contributed by atoms with E-state index in [9.17, 15) is 9.59 Å². The van der Waals surface area contributed by atoms with Crippen LogP contribution in [0.2, 0.25) is 0 Å². The third-order valence-corrected chi connectivity index (χ3v) is 3.88. The van der Waals surface area contributed by atoms with Gasteiger partial charge in [-0.2, -0.15) is 0 Å². The number of carbonyl (C=O) groups excluding carboxylic acids is 2. The summed E-state index contributed by atoms with van der Waals surface area (Å²) in [6.45, 7) is 3.80. The number of ether oxygens (including phenoxy) is 1. The second-order valence-corrected chi connectivity index (χ2v) is 5.21. The fourth-order valence-corrected chi connectivity index (χ4v) is 2.64. The van der Waals surface area contributed by atoms with Crippen LogP contribution in [-0.4, -0.2) is 19.0 Å². The van der Waals surface area contributed by atoms with E-state index in [1.807, 2.05) is 18.4 Å². The van der Waals surface area contributed by atoms with E-state index < -0.39 is 5.97 Å². The fourth-order valence-electron chi connectivity index (χ4n) is 1.80. The molecule has 0 saturated carbocycles. The fraction of sp³-hybridized carbons (Fsp3) is 0.286. The molecule has 20 heavy (non-hydrogen) atoms. The first-order chi connectivity index (χ1) is 9.52. The van der Waals surface area contributed by atoms with Crippen LogP contribution in [0.5, 0.6) is 0 Å². The van der Waals surface area contributed by atoms with Gasteiger partial charge in [0, 0.05) is 0 Å². The first kappa shape index (κ1) is 14.3. The average Bonchev–Trinajstić information content (AvgIpc) is 3.01. The molecular weight excluding hydrogens is 278 g/mol. The molecule has 6 heteroatoms. The lowest BCUT2D eigenvalue weighted by Gasteiger charge is -2.01. The van der Waals surface area contributed by atoms with Gasteiger partial charge in [-0.05, 0) is 36.9 Å². The summed E-state index contributed by atoms with van der Waals surface area (Å²) in [6, 6.07) is 3.48. The van der Waals surface area contributed by atoms with Crippen molar-refractivity contribution in [3.05, 3.63) is 45.0 Å². The number of rotatable bonds is 4. The molecule has 0 bridgehead atoms. The lowest BCUT2D eigenvalue weighted by molar-refractivity contribution is 0.0598. The molecule has 0 saturated heterocycles. The first-order valence-electron chi connectivity index (χ1n) is 6.03. The molecule has 1 N–H and O–H groups in total. The van der Waals surface area contributed by atoms with Gasteiger partial charge in [0.05, 0.1) is 18.5 Å². The molecule has 5 nitrogen and oxygen atoms in total. The molecule has 2 aromatic rings. The minimum atomic E-state index is -0.446. The summed E-state index contributed by atoms with van der Waals surface area (Å²) in [6.07, 6.45) is 0. The van der Waals surface area contributed by atoms with E-state index in [1.54, 1.807) is 13.0 Å². The van der Waals surface area contributed by atoms with Gasteiger partial charge in [0.2, 0.25) is 0 Å². The summed E-state index contributed by atoms with van der Waals surface area (Å²) in [5.74, 6) is 0.406. The molecule has 0 aliphatic carbocycles. The molecule has 0 radical (unpaired) electrons. The van der Waals surface area contributed by atoms with Crippen LogP contribution in [0.1, 0.15) is 37.1 Å². The zero-order valence-corrected chi connectivity index (χ0v) is 12.3. The Hall–Kier alpha value is -2.08. The molecule has 0 aliphatic rings. The number of furan rings is 1. The van der Waals surface area contributed by atoms with Crippen molar-refractivity contribution in [3.8, 4) is 0 Å². The zero-order valence-electron chi connectivity index (χ0n) is 11.5.